The van der Waals surface area contributed by atoms with Crippen LogP contribution in [0.1, 0.15) is 61.8 Å². The number of rotatable bonds is 4. The molecule has 3 aromatic rings. The van der Waals surface area contributed by atoms with Crippen LogP contribution in [-0.4, -0.2) is 16.7 Å². The molecule has 2 aliphatic rings. The smallest absolute Gasteiger partial charge is 0.162 e. The Kier molecular flexibility index (Phi) is 6.56. The standard InChI is InChI=1S/C33H33FN2O2/c1-5-21-8-16-25(17-9-21)36-26-18-33(3,4)19-27(37)29(26)28(22-12-14-24(34)15-13-22)30(32(36)35)31(38)23-10-6-20(2)7-11-23/h6-17,28,35,38H,5,18-19H2,1-4H3/b31-30+,35-32?. The van der Waals surface area contributed by atoms with Crippen molar-refractivity contribution < 1.29 is 14.3 Å². The van der Waals surface area contributed by atoms with Crippen LogP contribution in [0, 0.1) is 23.6 Å². The van der Waals surface area contributed by atoms with Gasteiger partial charge in [0.2, 0.25) is 0 Å². The highest BCUT2D eigenvalue weighted by Gasteiger charge is 2.46. The molecule has 0 spiro atoms. The molecule has 3 aromatic carbocycles. The molecule has 2 N–H and O–H groups in total. The topological polar surface area (TPSA) is 64.4 Å². The molecule has 0 bridgehead atoms. The lowest BCUT2D eigenvalue weighted by atomic mass is 9.67. The van der Waals surface area contributed by atoms with Gasteiger partial charge in [0.1, 0.15) is 17.4 Å². The zero-order valence-corrected chi connectivity index (χ0v) is 22.3. The predicted molar refractivity (Wildman–Crippen MR) is 151 cm³/mol. The fraction of sp³-hybridized carbons (Fsp3) is 0.273. The van der Waals surface area contributed by atoms with Crippen molar-refractivity contribution in [1.29, 1.82) is 5.41 Å². The Bertz CT molecular complexity index is 1460. The molecule has 5 heteroatoms. The summed E-state index contributed by atoms with van der Waals surface area (Å²) in [5.41, 5.74) is 5.63. The Morgan fingerprint density at radius 1 is 1.00 bits per heavy atom. The minimum Gasteiger partial charge on any atom is -0.507 e. The molecule has 1 heterocycles. The van der Waals surface area contributed by atoms with Crippen LogP contribution in [0.5, 0.6) is 0 Å². The molecular formula is C33H33FN2O2. The van der Waals surface area contributed by atoms with Gasteiger partial charge in [0.05, 0.1) is 0 Å². The van der Waals surface area contributed by atoms with Crippen LogP contribution >= 0.6 is 0 Å². The van der Waals surface area contributed by atoms with Gasteiger partial charge in [-0.25, -0.2) is 4.39 Å². The summed E-state index contributed by atoms with van der Waals surface area (Å²) in [6, 6.07) is 21.5. The van der Waals surface area contributed by atoms with Crippen LogP contribution in [-0.2, 0) is 11.2 Å². The van der Waals surface area contributed by atoms with E-state index in [0.29, 0.717) is 35.1 Å². The first-order chi connectivity index (χ1) is 18.1. The van der Waals surface area contributed by atoms with Gasteiger partial charge in [0, 0.05) is 40.4 Å². The van der Waals surface area contributed by atoms with E-state index in [0.717, 1.165) is 23.4 Å². The summed E-state index contributed by atoms with van der Waals surface area (Å²) < 4.78 is 14.0. The summed E-state index contributed by atoms with van der Waals surface area (Å²) in [5.74, 6) is -1.01. The summed E-state index contributed by atoms with van der Waals surface area (Å²) in [5, 5.41) is 21.2. The number of carbonyl (C=O) groups excluding carboxylic acids is 1. The van der Waals surface area contributed by atoms with Gasteiger partial charge in [-0.15, -0.1) is 0 Å². The highest BCUT2D eigenvalue weighted by Crippen LogP contribution is 2.51. The number of hydrogen-bond donors (Lipinski definition) is 2. The number of hydrogen-bond acceptors (Lipinski definition) is 3. The van der Waals surface area contributed by atoms with E-state index < -0.39 is 5.92 Å². The van der Waals surface area contributed by atoms with Gasteiger partial charge in [-0.1, -0.05) is 74.9 Å². The number of anilines is 1. The summed E-state index contributed by atoms with van der Waals surface area (Å²) in [4.78, 5) is 15.7. The van der Waals surface area contributed by atoms with Crippen molar-refractivity contribution in [3.8, 4) is 0 Å². The molecule has 0 saturated heterocycles. The maximum atomic E-state index is 14.0. The van der Waals surface area contributed by atoms with Crippen molar-refractivity contribution in [1.82, 2.24) is 0 Å². The molecule has 194 valence electrons. The van der Waals surface area contributed by atoms with Gasteiger partial charge >= 0.3 is 0 Å². The molecule has 5 rings (SSSR count). The number of aliphatic hydroxyl groups is 1. The van der Waals surface area contributed by atoms with Crippen molar-refractivity contribution in [2.75, 3.05) is 4.90 Å². The molecular weight excluding hydrogens is 475 g/mol. The van der Waals surface area contributed by atoms with Crippen molar-refractivity contribution in [3.63, 3.8) is 0 Å². The number of allylic oxidation sites excluding steroid dienone is 2. The third-order valence-corrected chi connectivity index (χ3v) is 7.61. The lowest BCUT2D eigenvalue weighted by Gasteiger charge is -2.45. The quantitative estimate of drug-likeness (QED) is 0.352. The van der Waals surface area contributed by atoms with Crippen LogP contribution in [0.4, 0.5) is 10.1 Å². The van der Waals surface area contributed by atoms with E-state index in [4.69, 9.17) is 0 Å². The average molecular weight is 509 g/mol. The number of nitrogens with one attached hydrogen (secondary N) is 1. The molecule has 1 unspecified atom stereocenters. The first-order valence-electron chi connectivity index (χ1n) is 13.1. The van der Waals surface area contributed by atoms with E-state index in [1.807, 2.05) is 60.4 Å². The Hall–Kier alpha value is -3.99. The Balaban J connectivity index is 1.83. The first kappa shape index (κ1) is 25.7. The number of ketones is 1. The molecule has 0 radical (unpaired) electrons. The zero-order valence-electron chi connectivity index (χ0n) is 22.3. The van der Waals surface area contributed by atoms with Gasteiger partial charge < -0.3 is 5.11 Å². The molecule has 4 nitrogen and oxygen atoms in total. The number of amidine groups is 1. The SMILES string of the molecule is CCc1ccc(N2C(=N)/C(=C(/O)c3ccc(C)cc3)C(c3ccc(F)cc3)C3=C2CC(C)(C)CC3=O)cc1. The number of aryl methyl sites for hydroxylation is 2. The second-order valence-corrected chi connectivity index (χ2v) is 11.1. The molecule has 0 saturated carbocycles. The summed E-state index contributed by atoms with van der Waals surface area (Å²) in [6.07, 6.45) is 1.85. The fourth-order valence-corrected chi connectivity index (χ4v) is 5.64. The molecule has 38 heavy (non-hydrogen) atoms. The second-order valence-electron chi connectivity index (χ2n) is 11.1. The van der Waals surface area contributed by atoms with Crippen LogP contribution in [0.3, 0.4) is 0 Å². The molecule has 0 amide bonds. The van der Waals surface area contributed by atoms with Crippen molar-refractivity contribution >= 4 is 23.1 Å². The molecule has 0 fully saturated rings. The highest BCUT2D eigenvalue weighted by molar-refractivity contribution is 6.19. The minimum atomic E-state index is -0.686. The van der Waals surface area contributed by atoms with Gasteiger partial charge in [-0.2, -0.15) is 0 Å². The molecule has 1 aliphatic carbocycles. The number of nitrogens with zero attached hydrogens (tertiary/aromatic N) is 1. The fourth-order valence-electron chi connectivity index (χ4n) is 5.64. The molecule has 0 aromatic heterocycles. The van der Waals surface area contributed by atoms with E-state index >= 15 is 0 Å². The number of halogens is 1. The number of aliphatic hydroxyl groups excluding tert-OH is 1. The van der Waals surface area contributed by atoms with E-state index in [1.165, 1.54) is 17.7 Å². The number of carbonyl (C=O) groups is 1. The lowest BCUT2D eigenvalue weighted by molar-refractivity contribution is -0.118. The van der Waals surface area contributed by atoms with Crippen LogP contribution in [0.2, 0.25) is 0 Å². The summed E-state index contributed by atoms with van der Waals surface area (Å²) in [6.45, 7) is 8.20. The normalized spacial score (nSPS) is 20.4. The Labute approximate surface area is 223 Å². The summed E-state index contributed by atoms with van der Waals surface area (Å²) in [7, 11) is 0. The van der Waals surface area contributed by atoms with Gasteiger partial charge in [0.15, 0.2) is 5.78 Å². The van der Waals surface area contributed by atoms with Gasteiger partial charge in [-0.05, 0) is 60.6 Å². The van der Waals surface area contributed by atoms with Crippen molar-refractivity contribution in [2.24, 2.45) is 5.41 Å². The van der Waals surface area contributed by atoms with Crippen LogP contribution in [0.15, 0.2) is 89.6 Å². The van der Waals surface area contributed by atoms with E-state index in [1.54, 1.807) is 12.1 Å². The first-order valence-corrected chi connectivity index (χ1v) is 13.1. The lowest BCUT2D eigenvalue weighted by Crippen LogP contribution is -2.45. The Morgan fingerprint density at radius 3 is 2.24 bits per heavy atom. The Morgan fingerprint density at radius 2 is 1.63 bits per heavy atom. The monoisotopic (exact) mass is 508 g/mol. The third kappa shape index (κ3) is 4.58. The van der Waals surface area contributed by atoms with Gasteiger partial charge in [-0.3, -0.25) is 15.1 Å². The molecule has 1 aliphatic heterocycles. The van der Waals surface area contributed by atoms with Gasteiger partial charge in [0.25, 0.3) is 0 Å². The van der Waals surface area contributed by atoms with Crippen molar-refractivity contribution in [3.05, 3.63) is 118 Å². The zero-order chi connectivity index (χ0) is 27.2. The second kappa shape index (κ2) is 9.71. The van der Waals surface area contributed by atoms with E-state index in [-0.39, 0.29) is 28.6 Å². The maximum Gasteiger partial charge on any atom is 0.162 e. The minimum absolute atomic E-state index is 0.0116. The predicted octanol–water partition coefficient (Wildman–Crippen LogP) is 7.89. The maximum absolute atomic E-state index is 14.0. The van der Waals surface area contributed by atoms with Crippen LogP contribution in [0.25, 0.3) is 5.76 Å². The number of Topliss-reactive ketones (excluding diaryl/α,β-unsaturated/α-hetero) is 1. The summed E-state index contributed by atoms with van der Waals surface area (Å²) >= 11 is 0. The molecule has 1 atom stereocenters. The van der Waals surface area contributed by atoms with Crippen molar-refractivity contribution in [2.45, 2.75) is 52.9 Å². The van der Waals surface area contributed by atoms with E-state index in [9.17, 15) is 19.7 Å². The van der Waals surface area contributed by atoms with Crippen LogP contribution < -0.4 is 4.90 Å². The average Bonchev–Trinajstić information content (AvgIpc) is 2.88. The third-order valence-electron chi connectivity index (χ3n) is 7.61. The number of benzene rings is 3. The largest absolute Gasteiger partial charge is 0.507 e. The highest BCUT2D eigenvalue weighted by atomic mass is 19.1. The van der Waals surface area contributed by atoms with E-state index in [2.05, 4.69) is 20.8 Å².